The summed E-state index contributed by atoms with van der Waals surface area (Å²) in [6, 6.07) is 5.87. The highest BCUT2D eigenvalue weighted by atomic mass is 79.9. The zero-order valence-electron chi connectivity index (χ0n) is 16.5. The second-order valence-corrected chi connectivity index (χ2v) is 10.3. The highest BCUT2D eigenvalue weighted by Gasteiger charge is 2.36. The first-order valence-corrected chi connectivity index (χ1v) is 11.9. The summed E-state index contributed by atoms with van der Waals surface area (Å²) in [7, 11) is -4.76. The maximum atomic E-state index is 13.9. The first-order valence-electron chi connectivity index (χ1n) is 9.26. The molecule has 0 saturated heterocycles. The standard InChI is InChI=1S/C21H11BrClF5N2O3S/c22-10-5-15-18(19(29-20(15)31)14-8-11(24)1-2-16(14)23)17(6-10)30-34(32,33)13-4-9(21(26,27)28)3-12(25)7-13/h1-8,19,30H,(H,29,31). The molecule has 0 aliphatic carbocycles. The molecule has 1 atom stereocenters. The van der Waals surface area contributed by atoms with Crippen LogP contribution in [0, 0.1) is 11.6 Å². The van der Waals surface area contributed by atoms with Crippen molar-refractivity contribution in [1.29, 1.82) is 0 Å². The Morgan fingerprint density at radius 3 is 2.38 bits per heavy atom. The van der Waals surface area contributed by atoms with Gasteiger partial charge < -0.3 is 5.32 Å². The van der Waals surface area contributed by atoms with Crippen molar-refractivity contribution in [2.24, 2.45) is 0 Å². The number of rotatable bonds is 4. The smallest absolute Gasteiger partial charge is 0.341 e. The third-order valence-electron chi connectivity index (χ3n) is 4.98. The van der Waals surface area contributed by atoms with Crippen molar-refractivity contribution in [3.05, 3.63) is 91.9 Å². The summed E-state index contributed by atoms with van der Waals surface area (Å²) >= 11 is 9.32. The average Bonchev–Trinajstić information content (AvgIpc) is 3.05. The summed E-state index contributed by atoms with van der Waals surface area (Å²) in [5.41, 5.74) is -1.48. The number of hydrogen-bond acceptors (Lipinski definition) is 3. The Morgan fingerprint density at radius 2 is 1.71 bits per heavy atom. The fourth-order valence-electron chi connectivity index (χ4n) is 3.54. The lowest BCUT2D eigenvalue weighted by Gasteiger charge is -2.19. The normalized spacial score (nSPS) is 15.7. The lowest BCUT2D eigenvalue weighted by Crippen LogP contribution is -2.21. The van der Waals surface area contributed by atoms with Gasteiger partial charge in [0.15, 0.2) is 0 Å². The molecule has 13 heteroatoms. The first-order chi connectivity index (χ1) is 15.8. The lowest BCUT2D eigenvalue weighted by molar-refractivity contribution is -0.137. The third kappa shape index (κ3) is 4.62. The average molecular weight is 582 g/mol. The van der Waals surface area contributed by atoms with E-state index in [2.05, 4.69) is 26.0 Å². The molecule has 0 fully saturated rings. The molecule has 2 N–H and O–H groups in total. The van der Waals surface area contributed by atoms with Crippen LogP contribution in [0.25, 0.3) is 0 Å². The second-order valence-electron chi connectivity index (χ2n) is 7.27. The highest BCUT2D eigenvalue weighted by Crippen LogP contribution is 2.41. The van der Waals surface area contributed by atoms with Crippen molar-refractivity contribution in [2.75, 3.05) is 4.72 Å². The van der Waals surface area contributed by atoms with Gasteiger partial charge in [-0.1, -0.05) is 27.5 Å². The quantitative estimate of drug-likeness (QED) is 0.370. The molecule has 1 aliphatic heterocycles. The topological polar surface area (TPSA) is 75.3 Å². The van der Waals surface area contributed by atoms with Crippen molar-refractivity contribution in [1.82, 2.24) is 5.32 Å². The number of sulfonamides is 1. The van der Waals surface area contributed by atoms with E-state index in [9.17, 15) is 35.2 Å². The third-order valence-corrected chi connectivity index (χ3v) is 7.12. The van der Waals surface area contributed by atoms with Crippen LogP contribution < -0.4 is 10.0 Å². The van der Waals surface area contributed by atoms with Gasteiger partial charge in [0, 0.05) is 26.2 Å². The van der Waals surface area contributed by atoms with Crippen LogP contribution in [0.1, 0.15) is 33.1 Å². The largest absolute Gasteiger partial charge is 0.416 e. The van der Waals surface area contributed by atoms with Gasteiger partial charge >= 0.3 is 6.18 Å². The molecule has 0 bridgehead atoms. The minimum Gasteiger partial charge on any atom is -0.341 e. The number of halogens is 7. The lowest BCUT2D eigenvalue weighted by atomic mass is 9.96. The van der Waals surface area contributed by atoms with E-state index in [0.717, 1.165) is 12.1 Å². The number of benzene rings is 3. The molecular weight excluding hydrogens is 571 g/mol. The number of fused-ring (bicyclic) bond motifs is 1. The van der Waals surface area contributed by atoms with Crippen molar-refractivity contribution < 1.29 is 35.2 Å². The molecule has 1 aliphatic rings. The van der Waals surface area contributed by atoms with Crippen LogP contribution in [-0.4, -0.2) is 14.3 Å². The molecular formula is C21H11BrClF5N2O3S. The number of carbonyl (C=O) groups excluding carboxylic acids is 1. The molecule has 3 aromatic rings. The molecule has 4 rings (SSSR count). The summed E-state index contributed by atoms with van der Waals surface area (Å²) in [6.07, 6.45) is -4.99. The van der Waals surface area contributed by atoms with Crippen LogP contribution >= 0.6 is 27.5 Å². The van der Waals surface area contributed by atoms with Crippen LogP contribution in [0.5, 0.6) is 0 Å². The minimum absolute atomic E-state index is 0.0209. The molecule has 5 nitrogen and oxygen atoms in total. The summed E-state index contributed by atoms with van der Waals surface area (Å²) in [5.74, 6) is -2.69. The Labute approximate surface area is 203 Å². The first kappa shape index (κ1) is 24.4. The van der Waals surface area contributed by atoms with Gasteiger partial charge in [0.1, 0.15) is 11.6 Å². The number of anilines is 1. The fourth-order valence-corrected chi connectivity index (χ4v) is 5.35. The van der Waals surface area contributed by atoms with E-state index in [-0.39, 0.29) is 44.0 Å². The molecule has 0 spiro atoms. The molecule has 0 aromatic heterocycles. The maximum absolute atomic E-state index is 13.9. The monoisotopic (exact) mass is 580 g/mol. The van der Waals surface area contributed by atoms with Gasteiger partial charge in [-0.2, -0.15) is 13.2 Å². The van der Waals surface area contributed by atoms with Crippen LogP contribution in [0.3, 0.4) is 0 Å². The Bertz CT molecular complexity index is 1450. The molecule has 0 saturated carbocycles. The van der Waals surface area contributed by atoms with Gasteiger partial charge in [0.2, 0.25) is 0 Å². The van der Waals surface area contributed by atoms with E-state index in [1.165, 1.54) is 18.2 Å². The van der Waals surface area contributed by atoms with Gasteiger partial charge in [0.05, 0.1) is 22.2 Å². The van der Waals surface area contributed by atoms with Gasteiger partial charge in [-0.15, -0.1) is 0 Å². The number of nitrogens with one attached hydrogen (secondary N) is 2. The molecule has 3 aromatic carbocycles. The molecule has 178 valence electrons. The van der Waals surface area contributed by atoms with E-state index in [0.29, 0.717) is 6.07 Å². The van der Waals surface area contributed by atoms with Crippen molar-refractivity contribution >= 4 is 49.1 Å². The SMILES string of the molecule is O=C1NC(c2cc(F)ccc2Cl)c2c(NS(=O)(=O)c3cc(F)cc(C(F)(F)F)c3)cc(Br)cc21. The van der Waals surface area contributed by atoms with Gasteiger partial charge in [-0.3, -0.25) is 9.52 Å². The van der Waals surface area contributed by atoms with Gasteiger partial charge in [0.25, 0.3) is 15.9 Å². The van der Waals surface area contributed by atoms with E-state index in [1.54, 1.807) is 0 Å². The number of carbonyl (C=O) groups is 1. The molecule has 1 heterocycles. The van der Waals surface area contributed by atoms with E-state index in [4.69, 9.17) is 11.6 Å². The molecule has 34 heavy (non-hydrogen) atoms. The van der Waals surface area contributed by atoms with Crippen LogP contribution in [-0.2, 0) is 16.2 Å². The van der Waals surface area contributed by atoms with E-state index in [1.807, 2.05) is 0 Å². The summed E-state index contributed by atoms with van der Waals surface area (Å²) in [6.45, 7) is 0. The van der Waals surface area contributed by atoms with Crippen LogP contribution in [0.15, 0.2) is 57.9 Å². The van der Waals surface area contributed by atoms with Gasteiger partial charge in [-0.05, 0) is 48.5 Å². The molecule has 0 radical (unpaired) electrons. The highest BCUT2D eigenvalue weighted by molar-refractivity contribution is 9.10. The predicted molar refractivity (Wildman–Crippen MR) is 117 cm³/mol. The van der Waals surface area contributed by atoms with E-state index >= 15 is 0 Å². The summed E-state index contributed by atoms with van der Waals surface area (Å²) in [4.78, 5) is 11.6. The van der Waals surface area contributed by atoms with Gasteiger partial charge in [-0.25, -0.2) is 17.2 Å². The second kappa shape index (κ2) is 8.51. The Kier molecular flexibility index (Phi) is 6.11. The predicted octanol–water partition coefficient (Wildman–Crippen LogP) is 6.03. The fraction of sp³-hybridized carbons (Fsp3) is 0.0952. The zero-order chi connectivity index (χ0) is 25.0. The number of amides is 1. The summed E-state index contributed by atoms with van der Waals surface area (Å²) < 4.78 is 95.2. The molecule has 1 amide bonds. The zero-order valence-corrected chi connectivity index (χ0v) is 19.6. The summed E-state index contributed by atoms with van der Waals surface area (Å²) in [5, 5.41) is 2.66. The van der Waals surface area contributed by atoms with E-state index < -0.39 is 50.2 Å². The maximum Gasteiger partial charge on any atom is 0.416 e. The number of hydrogen-bond donors (Lipinski definition) is 2. The Balaban J connectivity index is 1.85. The van der Waals surface area contributed by atoms with Crippen LogP contribution in [0.4, 0.5) is 27.6 Å². The number of alkyl halides is 3. The van der Waals surface area contributed by atoms with Crippen molar-refractivity contribution in [3.63, 3.8) is 0 Å². The Morgan fingerprint density at radius 1 is 1.00 bits per heavy atom. The van der Waals surface area contributed by atoms with Crippen molar-refractivity contribution in [2.45, 2.75) is 17.1 Å². The van der Waals surface area contributed by atoms with Crippen molar-refractivity contribution in [3.8, 4) is 0 Å². The van der Waals surface area contributed by atoms with Crippen LogP contribution in [0.2, 0.25) is 5.02 Å². The minimum atomic E-state index is -4.99. The molecule has 1 unspecified atom stereocenters. The Hall–Kier alpha value is -2.70.